The lowest BCUT2D eigenvalue weighted by Gasteiger charge is -1.86. The summed E-state index contributed by atoms with van der Waals surface area (Å²) in [6, 6.07) is 0. The van der Waals surface area contributed by atoms with Crippen LogP contribution in [0.2, 0.25) is 0 Å². The summed E-state index contributed by atoms with van der Waals surface area (Å²) in [6.45, 7) is 3.89. The molecule has 0 amide bonds. The molecule has 56 valence electrons. The van der Waals surface area contributed by atoms with Gasteiger partial charge in [-0.05, 0) is 13.3 Å². The summed E-state index contributed by atoms with van der Waals surface area (Å²) < 4.78 is 0. The van der Waals surface area contributed by atoms with Crippen molar-refractivity contribution < 1.29 is 9.90 Å². The molecule has 0 aliphatic carbocycles. The smallest absolute Gasteiger partial charge is 0.328 e. The van der Waals surface area contributed by atoms with Crippen molar-refractivity contribution in [2.45, 2.75) is 20.3 Å². The lowest BCUT2D eigenvalue weighted by molar-refractivity contribution is -0.131. The van der Waals surface area contributed by atoms with E-state index < -0.39 is 5.97 Å². The van der Waals surface area contributed by atoms with Gasteiger partial charge in [0, 0.05) is 6.08 Å². The van der Waals surface area contributed by atoms with Crippen LogP contribution in [0.5, 0.6) is 0 Å². The van der Waals surface area contributed by atoms with Crippen molar-refractivity contribution in [3.8, 4) is 0 Å². The average molecular weight is 140 g/mol. The molecule has 0 saturated heterocycles. The van der Waals surface area contributed by atoms with Gasteiger partial charge in [0.2, 0.25) is 0 Å². The largest absolute Gasteiger partial charge is 0.478 e. The normalized spacial score (nSPS) is 12.4. The van der Waals surface area contributed by atoms with Crippen molar-refractivity contribution in [1.29, 1.82) is 0 Å². The molecule has 1 N–H and O–H groups in total. The summed E-state index contributed by atoms with van der Waals surface area (Å²) in [5.74, 6) is -0.899. The Morgan fingerprint density at radius 3 is 2.50 bits per heavy atom. The van der Waals surface area contributed by atoms with Crippen molar-refractivity contribution in [3.63, 3.8) is 0 Å². The molecule has 0 aromatic rings. The molecular weight excluding hydrogens is 128 g/mol. The van der Waals surface area contributed by atoms with Gasteiger partial charge in [0.05, 0.1) is 0 Å². The van der Waals surface area contributed by atoms with Gasteiger partial charge in [-0.1, -0.05) is 24.6 Å². The first kappa shape index (κ1) is 8.95. The summed E-state index contributed by atoms with van der Waals surface area (Å²) >= 11 is 0. The molecule has 0 fully saturated rings. The van der Waals surface area contributed by atoms with Gasteiger partial charge in [-0.25, -0.2) is 4.79 Å². The Morgan fingerprint density at radius 2 is 2.10 bits per heavy atom. The lowest BCUT2D eigenvalue weighted by atomic mass is 10.2. The molecule has 2 nitrogen and oxygen atoms in total. The number of hydrogen-bond acceptors (Lipinski definition) is 1. The third-order valence-corrected chi connectivity index (χ3v) is 1.01. The van der Waals surface area contributed by atoms with E-state index in [4.69, 9.17) is 5.11 Å². The van der Waals surface area contributed by atoms with Crippen molar-refractivity contribution >= 4 is 5.97 Å². The number of hydrogen-bond donors (Lipinski definition) is 1. The number of carboxylic acid groups (broad SMARTS) is 1. The molecule has 0 spiro atoms. The Morgan fingerprint density at radius 1 is 1.50 bits per heavy atom. The number of aliphatic carboxylic acids is 1. The van der Waals surface area contributed by atoms with Gasteiger partial charge in [-0.3, -0.25) is 0 Å². The molecule has 0 aromatic heterocycles. The molecular formula is C8H12O2. The predicted molar refractivity (Wildman–Crippen MR) is 40.8 cm³/mol. The zero-order chi connectivity index (χ0) is 7.98. The Kier molecular flexibility index (Phi) is 4.29. The van der Waals surface area contributed by atoms with Crippen molar-refractivity contribution in [1.82, 2.24) is 0 Å². The van der Waals surface area contributed by atoms with E-state index in [1.807, 2.05) is 19.9 Å². The first-order chi connectivity index (χ1) is 4.66. The highest BCUT2D eigenvalue weighted by Crippen LogP contribution is 1.95. The topological polar surface area (TPSA) is 37.3 Å². The van der Waals surface area contributed by atoms with Crippen LogP contribution >= 0.6 is 0 Å². The molecule has 0 atom stereocenters. The summed E-state index contributed by atoms with van der Waals surface area (Å²) in [5, 5.41) is 8.22. The van der Waals surface area contributed by atoms with Crippen LogP contribution in [0.25, 0.3) is 0 Å². The molecule has 0 aliphatic heterocycles. The third-order valence-electron chi connectivity index (χ3n) is 1.01. The van der Waals surface area contributed by atoms with Crippen LogP contribution in [-0.2, 0) is 4.79 Å². The third kappa shape index (κ3) is 5.09. The maximum atomic E-state index is 9.99. The Bertz CT molecular complexity index is 166. The standard InChI is InChI=1S/C8H12O2/c1-3-4-7(2)5-6-8(9)10/h4-6H,3H2,1-2H3,(H,9,10). The average Bonchev–Trinajstić information content (AvgIpc) is 1.85. The Hall–Kier alpha value is -1.05. The molecule has 0 rings (SSSR count). The zero-order valence-electron chi connectivity index (χ0n) is 6.29. The van der Waals surface area contributed by atoms with Crippen LogP contribution in [0.15, 0.2) is 23.8 Å². The van der Waals surface area contributed by atoms with Gasteiger partial charge in [0.25, 0.3) is 0 Å². The maximum absolute atomic E-state index is 9.99. The number of carboxylic acids is 1. The van der Waals surface area contributed by atoms with E-state index in [1.54, 1.807) is 6.08 Å². The van der Waals surface area contributed by atoms with Gasteiger partial charge in [0.15, 0.2) is 0 Å². The van der Waals surface area contributed by atoms with E-state index in [1.165, 1.54) is 0 Å². The predicted octanol–water partition coefficient (Wildman–Crippen LogP) is 1.98. The zero-order valence-corrected chi connectivity index (χ0v) is 6.29. The molecule has 0 aromatic carbocycles. The second-order valence-electron chi connectivity index (χ2n) is 2.03. The molecule has 2 heteroatoms. The van der Waals surface area contributed by atoms with Gasteiger partial charge in [-0.2, -0.15) is 0 Å². The van der Waals surface area contributed by atoms with Crippen LogP contribution in [0.4, 0.5) is 0 Å². The number of allylic oxidation sites excluding steroid dienone is 3. The Labute approximate surface area is 60.9 Å². The highest BCUT2D eigenvalue weighted by molar-refractivity contribution is 5.80. The fourth-order valence-corrected chi connectivity index (χ4v) is 0.593. The summed E-state index contributed by atoms with van der Waals surface area (Å²) in [4.78, 5) is 9.99. The summed E-state index contributed by atoms with van der Waals surface area (Å²) in [7, 11) is 0. The molecule has 0 bridgehead atoms. The van der Waals surface area contributed by atoms with Crippen molar-refractivity contribution in [2.24, 2.45) is 0 Å². The maximum Gasteiger partial charge on any atom is 0.328 e. The van der Waals surface area contributed by atoms with Gasteiger partial charge in [-0.15, -0.1) is 0 Å². The Balaban J connectivity index is 3.89. The van der Waals surface area contributed by atoms with Gasteiger partial charge in [0.1, 0.15) is 0 Å². The van der Waals surface area contributed by atoms with E-state index in [0.29, 0.717) is 0 Å². The quantitative estimate of drug-likeness (QED) is 0.480. The molecule has 0 saturated carbocycles. The fraction of sp³-hybridized carbons (Fsp3) is 0.375. The molecule has 0 unspecified atom stereocenters. The minimum Gasteiger partial charge on any atom is -0.478 e. The minimum atomic E-state index is -0.899. The highest BCUT2D eigenvalue weighted by Gasteiger charge is 1.84. The van der Waals surface area contributed by atoms with Crippen LogP contribution in [-0.4, -0.2) is 11.1 Å². The van der Waals surface area contributed by atoms with E-state index in [-0.39, 0.29) is 0 Å². The van der Waals surface area contributed by atoms with E-state index in [2.05, 4.69) is 0 Å². The molecule has 0 aliphatic rings. The van der Waals surface area contributed by atoms with Crippen LogP contribution in [0.3, 0.4) is 0 Å². The van der Waals surface area contributed by atoms with E-state index in [9.17, 15) is 4.79 Å². The van der Waals surface area contributed by atoms with Crippen molar-refractivity contribution in [3.05, 3.63) is 23.8 Å². The van der Waals surface area contributed by atoms with Crippen LogP contribution in [0.1, 0.15) is 20.3 Å². The first-order valence-corrected chi connectivity index (χ1v) is 3.24. The molecule has 10 heavy (non-hydrogen) atoms. The van der Waals surface area contributed by atoms with Crippen LogP contribution < -0.4 is 0 Å². The van der Waals surface area contributed by atoms with E-state index >= 15 is 0 Å². The van der Waals surface area contributed by atoms with Crippen LogP contribution in [0, 0.1) is 0 Å². The second-order valence-corrected chi connectivity index (χ2v) is 2.03. The summed E-state index contributed by atoms with van der Waals surface area (Å²) in [5.41, 5.74) is 0.991. The number of rotatable bonds is 3. The fourth-order valence-electron chi connectivity index (χ4n) is 0.593. The first-order valence-electron chi connectivity index (χ1n) is 3.24. The van der Waals surface area contributed by atoms with Gasteiger partial charge >= 0.3 is 5.97 Å². The van der Waals surface area contributed by atoms with Crippen molar-refractivity contribution in [2.75, 3.05) is 0 Å². The number of carbonyl (C=O) groups is 1. The minimum absolute atomic E-state index is 0.899. The lowest BCUT2D eigenvalue weighted by Crippen LogP contribution is -1.85. The second kappa shape index (κ2) is 4.79. The molecule has 0 heterocycles. The summed E-state index contributed by atoms with van der Waals surface area (Å²) in [6.07, 6.45) is 5.64. The highest BCUT2D eigenvalue weighted by atomic mass is 16.4. The monoisotopic (exact) mass is 140 g/mol. The SMILES string of the molecule is CCC=C(C)C=CC(=O)O. The van der Waals surface area contributed by atoms with Gasteiger partial charge < -0.3 is 5.11 Å². The van der Waals surface area contributed by atoms with E-state index in [0.717, 1.165) is 18.1 Å². The molecule has 0 radical (unpaired) electrons.